The second kappa shape index (κ2) is 7.20. The molecule has 0 radical (unpaired) electrons. The summed E-state index contributed by atoms with van der Waals surface area (Å²) in [4.78, 5) is 2.47. The van der Waals surface area contributed by atoms with E-state index < -0.39 is 0 Å². The molecule has 0 aliphatic carbocycles. The molecule has 5 heteroatoms. The number of nitrogens with one attached hydrogen (secondary N) is 1. The summed E-state index contributed by atoms with van der Waals surface area (Å²) >= 11 is 0. The Morgan fingerprint density at radius 3 is 2.35 bits per heavy atom. The third-order valence-electron chi connectivity index (χ3n) is 4.48. The fraction of sp³-hybridized carbons (Fsp3) is 0.800. The zero-order chi connectivity index (χ0) is 15.3. The molecule has 0 aliphatic heterocycles. The van der Waals surface area contributed by atoms with Crippen LogP contribution in [0.1, 0.15) is 65.7 Å². The average molecular weight is 281 g/mol. The maximum Gasteiger partial charge on any atom is 0.0809 e. The predicted octanol–water partition coefficient (Wildman–Crippen LogP) is 2.48. The summed E-state index contributed by atoms with van der Waals surface area (Å²) in [7, 11) is 0. The lowest BCUT2D eigenvalue weighted by molar-refractivity contribution is 0.0659. The number of hydrogen-bond donors (Lipinski definition) is 2. The number of nitrogens with zero attached hydrogens (tertiary/aromatic N) is 3. The number of hydrazine groups is 1. The van der Waals surface area contributed by atoms with E-state index in [2.05, 4.69) is 67.7 Å². The fourth-order valence-electron chi connectivity index (χ4n) is 3.12. The summed E-state index contributed by atoms with van der Waals surface area (Å²) in [6.45, 7) is 15.2. The average Bonchev–Trinajstić information content (AvgIpc) is 2.90. The Balaban J connectivity index is 3.24. The van der Waals surface area contributed by atoms with Gasteiger partial charge >= 0.3 is 0 Å². The van der Waals surface area contributed by atoms with Crippen LogP contribution in [-0.4, -0.2) is 33.3 Å². The molecule has 0 saturated heterocycles. The molecule has 1 rings (SSSR count). The summed E-state index contributed by atoms with van der Waals surface area (Å²) in [5.41, 5.74) is 4.15. The highest BCUT2D eigenvalue weighted by Crippen LogP contribution is 2.34. The van der Waals surface area contributed by atoms with Crippen molar-refractivity contribution in [3.63, 3.8) is 0 Å². The minimum Gasteiger partial charge on any atom is -0.296 e. The van der Waals surface area contributed by atoms with Gasteiger partial charge in [-0.15, -0.1) is 0 Å². The van der Waals surface area contributed by atoms with E-state index in [1.807, 2.05) is 6.20 Å². The van der Waals surface area contributed by atoms with Crippen molar-refractivity contribution in [1.29, 1.82) is 0 Å². The second-order valence-electron chi connectivity index (χ2n) is 5.78. The van der Waals surface area contributed by atoms with Crippen LogP contribution in [0.2, 0.25) is 0 Å². The molecule has 0 aromatic carbocycles. The molecule has 0 spiro atoms. The van der Waals surface area contributed by atoms with E-state index in [1.54, 1.807) is 0 Å². The minimum absolute atomic E-state index is 0.0368. The fourth-order valence-corrected chi connectivity index (χ4v) is 3.12. The summed E-state index contributed by atoms with van der Waals surface area (Å²) in [5, 5.41) is 4.45. The monoisotopic (exact) mass is 281 g/mol. The van der Waals surface area contributed by atoms with Crippen LogP contribution in [-0.2, 0) is 0 Å². The van der Waals surface area contributed by atoms with Crippen LogP contribution in [0.4, 0.5) is 0 Å². The van der Waals surface area contributed by atoms with E-state index in [4.69, 9.17) is 5.84 Å². The van der Waals surface area contributed by atoms with Gasteiger partial charge in [-0.3, -0.25) is 15.4 Å². The Morgan fingerprint density at radius 1 is 1.35 bits per heavy atom. The number of nitrogens with two attached hydrogens (primary N) is 1. The molecular formula is C15H31N5. The molecule has 5 nitrogen and oxygen atoms in total. The smallest absolute Gasteiger partial charge is 0.0809 e. The Morgan fingerprint density at radius 2 is 1.95 bits per heavy atom. The van der Waals surface area contributed by atoms with Gasteiger partial charge in [0.2, 0.25) is 0 Å². The molecule has 3 N–H and O–H groups in total. The van der Waals surface area contributed by atoms with Crippen molar-refractivity contribution in [2.45, 2.75) is 65.6 Å². The van der Waals surface area contributed by atoms with Gasteiger partial charge in [0.25, 0.3) is 0 Å². The van der Waals surface area contributed by atoms with Gasteiger partial charge in [0, 0.05) is 17.8 Å². The van der Waals surface area contributed by atoms with Crippen LogP contribution >= 0.6 is 0 Å². The van der Waals surface area contributed by atoms with Crippen LogP contribution in [0.15, 0.2) is 12.3 Å². The quantitative estimate of drug-likeness (QED) is 0.568. The second-order valence-corrected chi connectivity index (χ2v) is 5.78. The Hall–Kier alpha value is -0.910. The lowest BCUT2D eigenvalue weighted by atomic mass is 9.85. The number of aromatic nitrogens is 2. The van der Waals surface area contributed by atoms with E-state index in [0.29, 0.717) is 6.04 Å². The van der Waals surface area contributed by atoms with Crippen LogP contribution in [0.3, 0.4) is 0 Å². The zero-order valence-corrected chi connectivity index (χ0v) is 13.8. The van der Waals surface area contributed by atoms with Gasteiger partial charge < -0.3 is 0 Å². The lowest BCUT2D eigenvalue weighted by Gasteiger charge is -2.45. The topological polar surface area (TPSA) is 59.1 Å². The molecular weight excluding hydrogens is 250 g/mol. The molecule has 116 valence electrons. The Labute approximate surface area is 123 Å². The standard InChI is InChI=1S/C15H31N5/c1-7-15(6,19(8-2)9-3)14(18-16)13-10-11-17-20(13)12(4)5/h10-12,14,18H,7-9,16H2,1-6H3. The predicted molar refractivity (Wildman–Crippen MR) is 84.3 cm³/mol. The van der Waals surface area contributed by atoms with Crippen molar-refractivity contribution < 1.29 is 0 Å². The highest BCUT2D eigenvalue weighted by Gasteiger charge is 2.39. The molecule has 1 aromatic heterocycles. The number of hydrogen-bond acceptors (Lipinski definition) is 4. The van der Waals surface area contributed by atoms with Crippen molar-refractivity contribution in [3.05, 3.63) is 18.0 Å². The number of rotatable bonds is 8. The normalized spacial score (nSPS) is 16.6. The summed E-state index contributed by atoms with van der Waals surface area (Å²) in [6.07, 6.45) is 2.88. The molecule has 0 amide bonds. The first-order valence-electron chi connectivity index (χ1n) is 7.70. The Kier molecular flexibility index (Phi) is 6.17. The van der Waals surface area contributed by atoms with Gasteiger partial charge in [0.05, 0.1) is 11.7 Å². The zero-order valence-electron chi connectivity index (χ0n) is 13.8. The molecule has 0 saturated carbocycles. The first kappa shape index (κ1) is 17.1. The van der Waals surface area contributed by atoms with Crippen molar-refractivity contribution in [3.8, 4) is 0 Å². The van der Waals surface area contributed by atoms with Gasteiger partial charge in [-0.25, -0.2) is 5.43 Å². The summed E-state index contributed by atoms with van der Waals surface area (Å²) in [6, 6.07) is 2.45. The minimum atomic E-state index is -0.0368. The molecule has 0 fully saturated rings. The van der Waals surface area contributed by atoms with E-state index in [0.717, 1.165) is 25.2 Å². The number of likely N-dealkylation sites (N-methyl/N-ethyl adjacent to an activating group) is 1. The molecule has 1 heterocycles. The first-order chi connectivity index (χ1) is 9.46. The molecule has 20 heavy (non-hydrogen) atoms. The lowest BCUT2D eigenvalue weighted by Crippen LogP contribution is -2.56. The molecule has 2 atom stereocenters. The third kappa shape index (κ3) is 3.05. The van der Waals surface area contributed by atoms with Gasteiger partial charge in [-0.1, -0.05) is 20.8 Å². The maximum absolute atomic E-state index is 5.92. The van der Waals surface area contributed by atoms with Crippen molar-refractivity contribution in [2.75, 3.05) is 13.1 Å². The van der Waals surface area contributed by atoms with Gasteiger partial charge in [0.1, 0.15) is 0 Å². The highest BCUT2D eigenvalue weighted by atomic mass is 15.4. The van der Waals surface area contributed by atoms with Crippen LogP contribution in [0.25, 0.3) is 0 Å². The molecule has 1 aromatic rings. The van der Waals surface area contributed by atoms with Crippen molar-refractivity contribution >= 4 is 0 Å². The summed E-state index contributed by atoms with van der Waals surface area (Å²) < 4.78 is 2.06. The largest absolute Gasteiger partial charge is 0.296 e. The van der Waals surface area contributed by atoms with E-state index in [-0.39, 0.29) is 11.6 Å². The van der Waals surface area contributed by atoms with Crippen LogP contribution < -0.4 is 11.3 Å². The third-order valence-corrected chi connectivity index (χ3v) is 4.48. The van der Waals surface area contributed by atoms with Crippen LogP contribution in [0, 0.1) is 0 Å². The maximum atomic E-state index is 5.92. The van der Waals surface area contributed by atoms with Gasteiger partial charge in [-0.2, -0.15) is 5.10 Å². The van der Waals surface area contributed by atoms with Gasteiger partial charge in [-0.05, 0) is 46.3 Å². The van der Waals surface area contributed by atoms with Crippen molar-refractivity contribution in [1.82, 2.24) is 20.1 Å². The van der Waals surface area contributed by atoms with E-state index in [1.165, 1.54) is 0 Å². The van der Waals surface area contributed by atoms with Crippen molar-refractivity contribution in [2.24, 2.45) is 5.84 Å². The first-order valence-corrected chi connectivity index (χ1v) is 7.70. The SMILES string of the molecule is CCN(CC)C(C)(CC)C(NN)c1ccnn1C(C)C. The highest BCUT2D eigenvalue weighted by molar-refractivity contribution is 5.15. The van der Waals surface area contributed by atoms with E-state index in [9.17, 15) is 0 Å². The molecule has 0 bridgehead atoms. The van der Waals surface area contributed by atoms with E-state index >= 15 is 0 Å². The Bertz CT molecular complexity index is 397. The summed E-state index contributed by atoms with van der Waals surface area (Å²) in [5.74, 6) is 5.92. The van der Waals surface area contributed by atoms with Gasteiger partial charge in [0.15, 0.2) is 0 Å². The molecule has 2 unspecified atom stereocenters. The molecule has 0 aliphatic rings. The van der Waals surface area contributed by atoms with Crippen LogP contribution in [0.5, 0.6) is 0 Å².